The Kier molecular flexibility index (Phi) is 6.25. The maximum absolute atomic E-state index is 3.31. The molecule has 2 aliphatic rings. The lowest BCUT2D eigenvalue weighted by Crippen LogP contribution is -2.40. The molecule has 0 bridgehead atoms. The Morgan fingerprint density at radius 2 is 2.10 bits per heavy atom. The topological polar surface area (TPSA) is 3.24 Å². The van der Waals surface area contributed by atoms with Gasteiger partial charge in [-0.15, -0.1) is 11.8 Å². The Balaban J connectivity index is 2.15. The van der Waals surface area contributed by atoms with Crippen molar-refractivity contribution in [3.63, 3.8) is 0 Å². The zero-order chi connectivity index (χ0) is 14.2. The zero-order valence-electron chi connectivity index (χ0n) is 13.2. The minimum absolute atomic E-state index is 0.644. The van der Waals surface area contributed by atoms with Crippen LogP contribution in [-0.2, 0) is 0 Å². The minimum atomic E-state index is 0.644. The van der Waals surface area contributed by atoms with Crippen molar-refractivity contribution in [1.82, 2.24) is 4.90 Å². The van der Waals surface area contributed by atoms with E-state index in [0.717, 1.165) is 25.7 Å². The van der Waals surface area contributed by atoms with E-state index in [4.69, 9.17) is 0 Å². The van der Waals surface area contributed by atoms with Crippen LogP contribution in [0.2, 0.25) is 0 Å². The Labute approximate surface area is 125 Å². The Morgan fingerprint density at radius 3 is 2.95 bits per heavy atom. The predicted molar refractivity (Wildman–Crippen MR) is 87.3 cm³/mol. The van der Waals surface area contributed by atoms with Gasteiger partial charge in [-0.1, -0.05) is 25.2 Å². The van der Waals surface area contributed by atoms with Crippen LogP contribution in [0.5, 0.6) is 0 Å². The highest BCUT2D eigenvalue weighted by Gasteiger charge is 2.24. The van der Waals surface area contributed by atoms with Crippen molar-refractivity contribution in [2.24, 2.45) is 0 Å². The quantitative estimate of drug-likeness (QED) is 0.511. The van der Waals surface area contributed by atoms with E-state index in [0.29, 0.717) is 12.1 Å². The molecule has 0 radical (unpaired) electrons. The molecule has 2 atom stereocenters. The maximum atomic E-state index is 3.31. The monoisotopic (exact) mass is 271 g/mol. The molecule has 0 aromatic heterocycles. The molecule has 1 heteroatoms. The molecular weight excluding hydrogens is 242 g/mol. The van der Waals surface area contributed by atoms with Gasteiger partial charge >= 0.3 is 0 Å². The van der Waals surface area contributed by atoms with Gasteiger partial charge in [0.05, 0.1) is 0 Å². The highest BCUT2D eigenvalue weighted by molar-refractivity contribution is 5.13. The van der Waals surface area contributed by atoms with E-state index >= 15 is 0 Å². The van der Waals surface area contributed by atoms with Crippen LogP contribution in [0, 0.1) is 11.8 Å². The van der Waals surface area contributed by atoms with Crippen LogP contribution in [0.15, 0.2) is 23.9 Å². The van der Waals surface area contributed by atoms with Gasteiger partial charge < -0.3 is 4.90 Å². The lowest BCUT2D eigenvalue weighted by molar-refractivity contribution is 0.174. The van der Waals surface area contributed by atoms with Gasteiger partial charge in [-0.3, -0.25) is 0 Å². The van der Waals surface area contributed by atoms with Crippen LogP contribution < -0.4 is 0 Å². The smallest absolute Gasteiger partial charge is 0.0324 e. The summed E-state index contributed by atoms with van der Waals surface area (Å²) >= 11 is 0. The molecule has 0 saturated heterocycles. The van der Waals surface area contributed by atoms with Gasteiger partial charge in [0, 0.05) is 30.6 Å². The lowest BCUT2D eigenvalue weighted by atomic mass is 10.00. The summed E-state index contributed by atoms with van der Waals surface area (Å²) in [5.74, 6) is 6.57. The fraction of sp³-hybridized carbons (Fsp3) is 0.684. The molecule has 0 amide bonds. The third-order valence-corrected chi connectivity index (χ3v) is 4.55. The van der Waals surface area contributed by atoms with E-state index in [1.807, 2.05) is 0 Å². The van der Waals surface area contributed by atoms with Crippen molar-refractivity contribution >= 4 is 0 Å². The molecule has 20 heavy (non-hydrogen) atoms. The Morgan fingerprint density at radius 1 is 1.25 bits per heavy atom. The summed E-state index contributed by atoms with van der Waals surface area (Å²) in [6.45, 7) is 4.70. The summed E-state index contributed by atoms with van der Waals surface area (Å²) in [5.41, 5.74) is 1.56. The second-order valence-electron chi connectivity index (χ2n) is 6.04. The first-order valence-electron chi connectivity index (χ1n) is 8.41. The van der Waals surface area contributed by atoms with Crippen molar-refractivity contribution in [3.05, 3.63) is 23.9 Å². The van der Waals surface area contributed by atoms with Gasteiger partial charge in [-0.2, -0.15) is 0 Å². The summed E-state index contributed by atoms with van der Waals surface area (Å²) in [6, 6.07) is 1.34. The molecule has 0 saturated carbocycles. The van der Waals surface area contributed by atoms with Crippen molar-refractivity contribution in [3.8, 4) is 11.8 Å². The Bertz CT molecular complexity index is 407. The minimum Gasteiger partial charge on any atom is -0.369 e. The standard InChI is InChI=1S/C19H29N/c1-3-17(2)20(19-15-11-7-8-12-16-19)18-13-9-5-4-6-10-14-18/h7,11,13,17,19H,3,5,8-10,12,14-16H2,1-2H3/b18-13+. The fourth-order valence-electron chi connectivity index (χ4n) is 3.30. The summed E-state index contributed by atoms with van der Waals surface area (Å²) in [7, 11) is 0. The van der Waals surface area contributed by atoms with E-state index in [1.54, 1.807) is 5.70 Å². The van der Waals surface area contributed by atoms with E-state index in [1.165, 1.54) is 32.1 Å². The van der Waals surface area contributed by atoms with Gasteiger partial charge in [0.15, 0.2) is 0 Å². The Hall–Kier alpha value is -1.16. The molecule has 0 fully saturated rings. The van der Waals surface area contributed by atoms with E-state index in [2.05, 4.69) is 48.8 Å². The first-order valence-corrected chi connectivity index (χ1v) is 8.41. The first-order chi connectivity index (χ1) is 9.83. The van der Waals surface area contributed by atoms with Gasteiger partial charge in [-0.05, 0) is 51.9 Å². The summed E-state index contributed by atoms with van der Waals surface area (Å²) in [4.78, 5) is 2.74. The van der Waals surface area contributed by atoms with Crippen molar-refractivity contribution < 1.29 is 0 Å². The number of hydrogen-bond donors (Lipinski definition) is 0. The molecule has 0 aromatic carbocycles. The fourth-order valence-corrected chi connectivity index (χ4v) is 3.30. The van der Waals surface area contributed by atoms with Gasteiger partial charge in [0.1, 0.15) is 0 Å². The van der Waals surface area contributed by atoms with Crippen molar-refractivity contribution in [2.75, 3.05) is 0 Å². The van der Waals surface area contributed by atoms with Crippen molar-refractivity contribution in [1.29, 1.82) is 0 Å². The van der Waals surface area contributed by atoms with Crippen LogP contribution in [0.3, 0.4) is 0 Å². The zero-order valence-corrected chi connectivity index (χ0v) is 13.2. The largest absolute Gasteiger partial charge is 0.369 e. The number of nitrogens with zero attached hydrogens (tertiary/aromatic N) is 1. The number of rotatable bonds is 4. The predicted octanol–water partition coefficient (Wildman–Crippen LogP) is 5.05. The normalized spacial score (nSPS) is 27.1. The highest BCUT2D eigenvalue weighted by atomic mass is 15.2. The van der Waals surface area contributed by atoms with Crippen LogP contribution in [0.4, 0.5) is 0 Å². The van der Waals surface area contributed by atoms with Gasteiger partial charge in [0.25, 0.3) is 0 Å². The third kappa shape index (κ3) is 4.17. The molecule has 0 spiro atoms. The number of hydrogen-bond acceptors (Lipinski definition) is 1. The van der Waals surface area contributed by atoms with Crippen molar-refractivity contribution in [2.45, 2.75) is 83.7 Å². The van der Waals surface area contributed by atoms with Crippen LogP contribution >= 0.6 is 0 Å². The third-order valence-electron chi connectivity index (χ3n) is 4.55. The summed E-state index contributed by atoms with van der Waals surface area (Å²) in [6.07, 6.45) is 17.9. The molecule has 0 aliphatic heterocycles. The van der Waals surface area contributed by atoms with Gasteiger partial charge in [-0.25, -0.2) is 0 Å². The van der Waals surface area contributed by atoms with Crippen LogP contribution in [0.1, 0.15) is 71.6 Å². The van der Waals surface area contributed by atoms with Crippen LogP contribution in [-0.4, -0.2) is 17.0 Å². The molecule has 1 nitrogen and oxygen atoms in total. The second-order valence-corrected chi connectivity index (χ2v) is 6.04. The SMILES string of the molecule is CCC(C)N(/C1=C/CCC#CCC1)C1CC=CCCC1. The molecule has 2 rings (SSSR count). The maximum Gasteiger partial charge on any atom is 0.0324 e. The lowest BCUT2D eigenvalue weighted by Gasteiger charge is -2.40. The molecule has 2 aliphatic carbocycles. The number of allylic oxidation sites excluding steroid dienone is 3. The molecular formula is C19H29N. The molecule has 2 unspecified atom stereocenters. The first kappa shape index (κ1) is 15.2. The molecule has 0 N–H and O–H groups in total. The summed E-state index contributed by atoms with van der Waals surface area (Å²) < 4.78 is 0. The van der Waals surface area contributed by atoms with E-state index in [9.17, 15) is 0 Å². The molecule has 0 aromatic rings. The average Bonchev–Trinajstić information content (AvgIpc) is 2.70. The van der Waals surface area contributed by atoms with E-state index < -0.39 is 0 Å². The van der Waals surface area contributed by atoms with Gasteiger partial charge in [0.2, 0.25) is 0 Å². The van der Waals surface area contributed by atoms with E-state index in [-0.39, 0.29) is 0 Å². The average molecular weight is 271 g/mol. The van der Waals surface area contributed by atoms with Crippen LogP contribution in [0.25, 0.3) is 0 Å². The molecule has 0 heterocycles. The highest BCUT2D eigenvalue weighted by Crippen LogP contribution is 2.28. The molecule has 110 valence electrons. The summed E-state index contributed by atoms with van der Waals surface area (Å²) in [5, 5.41) is 0. The second kappa shape index (κ2) is 8.20.